The summed E-state index contributed by atoms with van der Waals surface area (Å²) in [6, 6.07) is 16.3. The quantitative estimate of drug-likeness (QED) is 0.303. The van der Waals surface area contributed by atoms with Gasteiger partial charge in [-0.25, -0.2) is 0 Å². The molecule has 1 aliphatic rings. The summed E-state index contributed by atoms with van der Waals surface area (Å²) in [6.07, 6.45) is 7.05. The highest BCUT2D eigenvalue weighted by molar-refractivity contribution is 5.83. The van der Waals surface area contributed by atoms with Crippen LogP contribution in [0, 0.1) is 18.8 Å². The van der Waals surface area contributed by atoms with E-state index in [2.05, 4.69) is 41.1 Å². The first kappa shape index (κ1) is 27.1. The number of aryl methyl sites for hydroxylation is 2. The lowest BCUT2D eigenvalue weighted by atomic mass is 9.79. The van der Waals surface area contributed by atoms with Crippen LogP contribution < -0.4 is 4.74 Å². The van der Waals surface area contributed by atoms with Gasteiger partial charge in [0, 0.05) is 24.5 Å². The predicted molar refractivity (Wildman–Crippen MR) is 147 cm³/mol. The highest BCUT2D eigenvalue weighted by Crippen LogP contribution is 2.35. The van der Waals surface area contributed by atoms with Crippen molar-refractivity contribution in [2.24, 2.45) is 11.8 Å². The molecule has 1 aliphatic heterocycles. The third kappa shape index (κ3) is 7.53. The van der Waals surface area contributed by atoms with Crippen molar-refractivity contribution in [2.45, 2.75) is 58.0 Å². The largest absolute Gasteiger partial charge is 0.497 e. The Morgan fingerprint density at radius 3 is 2.81 bits per heavy atom. The van der Waals surface area contributed by atoms with Crippen molar-refractivity contribution in [1.29, 1.82) is 0 Å². The Hall–Kier alpha value is -2.96. The van der Waals surface area contributed by atoms with Crippen molar-refractivity contribution in [2.75, 3.05) is 26.7 Å². The minimum absolute atomic E-state index is 0.115. The van der Waals surface area contributed by atoms with E-state index in [0.717, 1.165) is 74.0 Å². The molecule has 0 spiro atoms. The molecule has 2 heterocycles. The molecule has 3 atom stereocenters. The molecule has 3 aromatic rings. The number of aliphatic hydroxyl groups excluding tert-OH is 1. The van der Waals surface area contributed by atoms with Crippen LogP contribution in [0.3, 0.4) is 0 Å². The van der Waals surface area contributed by atoms with Crippen LogP contribution in [0.25, 0.3) is 10.9 Å². The highest BCUT2D eigenvalue weighted by Gasteiger charge is 2.31. The molecule has 1 saturated heterocycles. The number of likely N-dealkylation sites (tertiary alicyclic amines) is 1. The molecular weight excluding hydrogens is 464 g/mol. The first-order valence-corrected chi connectivity index (χ1v) is 13.5. The van der Waals surface area contributed by atoms with Crippen LogP contribution in [0.1, 0.15) is 61.3 Å². The molecule has 6 nitrogen and oxygen atoms in total. The van der Waals surface area contributed by atoms with E-state index < -0.39 is 12.1 Å². The smallest absolute Gasteiger partial charge is 0.303 e. The van der Waals surface area contributed by atoms with Gasteiger partial charge in [-0.15, -0.1) is 0 Å². The molecule has 198 valence electrons. The van der Waals surface area contributed by atoms with E-state index in [-0.39, 0.29) is 12.3 Å². The number of unbranched alkanes of at least 4 members (excludes halogenated alkanes) is 1. The number of aliphatic carboxylic acids is 1. The fourth-order valence-corrected chi connectivity index (χ4v) is 5.82. The first-order valence-electron chi connectivity index (χ1n) is 13.5. The number of pyridine rings is 1. The average Bonchev–Trinajstić information content (AvgIpc) is 2.89. The van der Waals surface area contributed by atoms with Crippen molar-refractivity contribution >= 4 is 16.9 Å². The van der Waals surface area contributed by atoms with E-state index in [1.165, 1.54) is 11.1 Å². The van der Waals surface area contributed by atoms with Gasteiger partial charge in [0.25, 0.3) is 0 Å². The zero-order valence-electron chi connectivity index (χ0n) is 22.1. The lowest BCUT2D eigenvalue weighted by Gasteiger charge is -2.38. The molecule has 1 aromatic heterocycles. The third-order valence-corrected chi connectivity index (χ3v) is 7.84. The molecule has 0 saturated carbocycles. The highest BCUT2D eigenvalue weighted by atomic mass is 16.5. The number of aromatic nitrogens is 1. The normalized spacial score (nSPS) is 19.1. The summed E-state index contributed by atoms with van der Waals surface area (Å²) in [5.41, 5.74) is 4.38. The number of hydrogen-bond donors (Lipinski definition) is 2. The van der Waals surface area contributed by atoms with Crippen LogP contribution in [0.4, 0.5) is 0 Å². The van der Waals surface area contributed by atoms with E-state index in [9.17, 15) is 15.0 Å². The van der Waals surface area contributed by atoms with Crippen LogP contribution in [0.15, 0.2) is 54.7 Å². The van der Waals surface area contributed by atoms with E-state index >= 15 is 0 Å². The monoisotopic (exact) mass is 504 g/mol. The van der Waals surface area contributed by atoms with Gasteiger partial charge in [-0.1, -0.05) is 29.8 Å². The second kappa shape index (κ2) is 13.0. The van der Waals surface area contributed by atoms with Gasteiger partial charge in [0.15, 0.2) is 0 Å². The first-order chi connectivity index (χ1) is 17.9. The standard InChI is InChI=1S/C31H40N2O4/c1-22-6-5-8-23(18-22)7-3-4-16-33-17-14-24(25(21-33)19-31(35)36)9-12-30(34)27-13-15-32-29-11-10-26(37-2)20-28(27)29/h5-6,8,10-11,13,15,18,20,24-25,30,34H,3-4,7,9,12,14,16-17,19,21H2,1-2H3,(H,35,36)/t24-,25+,30+/m1/s1. The van der Waals surface area contributed by atoms with Crippen LogP contribution in [0.5, 0.6) is 5.75 Å². The van der Waals surface area contributed by atoms with Crippen LogP contribution in [-0.4, -0.2) is 52.8 Å². The number of carboxylic acids is 1. The molecule has 6 heteroatoms. The van der Waals surface area contributed by atoms with Crippen molar-refractivity contribution < 1.29 is 19.7 Å². The van der Waals surface area contributed by atoms with Gasteiger partial charge in [0.2, 0.25) is 0 Å². The second-order valence-corrected chi connectivity index (χ2v) is 10.5. The molecule has 0 unspecified atom stereocenters. The lowest BCUT2D eigenvalue weighted by Crippen LogP contribution is -2.41. The number of carboxylic acid groups (broad SMARTS) is 1. The Morgan fingerprint density at radius 2 is 2.03 bits per heavy atom. The van der Waals surface area contributed by atoms with E-state index in [0.29, 0.717) is 12.3 Å². The van der Waals surface area contributed by atoms with Gasteiger partial charge in [0.1, 0.15) is 5.75 Å². The number of piperidine rings is 1. The van der Waals surface area contributed by atoms with E-state index in [4.69, 9.17) is 4.74 Å². The van der Waals surface area contributed by atoms with Crippen molar-refractivity contribution in [1.82, 2.24) is 9.88 Å². The molecule has 37 heavy (non-hydrogen) atoms. The van der Waals surface area contributed by atoms with Crippen LogP contribution in [-0.2, 0) is 11.2 Å². The summed E-state index contributed by atoms with van der Waals surface area (Å²) in [6.45, 7) is 4.97. The summed E-state index contributed by atoms with van der Waals surface area (Å²) in [5, 5.41) is 21.6. The second-order valence-electron chi connectivity index (χ2n) is 10.5. The maximum absolute atomic E-state index is 11.6. The number of hydrogen-bond acceptors (Lipinski definition) is 5. The Balaban J connectivity index is 1.31. The number of methoxy groups -OCH3 is 1. The molecule has 0 aliphatic carbocycles. The van der Waals surface area contributed by atoms with Gasteiger partial charge in [0.05, 0.1) is 18.7 Å². The summed E-state index contributed by atoms with van der Waals surface area (Å²) < 4.78 is 5.37. The Labute approximate surface area is 220 Å². The van der Waals surface area contributed by atoms with Crippen molar-refractivity contribution in [3.63, 3.8) is 0 Å². The third-order valence-electron chi connectivity index (χ3n) is 7.84. The Kier molecular flexibility index (Phi) is 9.53. The Bertz CT molecular complexity index is 1180. The van der Waals surface area contributed by atoms with E-state index in [1.54, 1.807) is 13.3 Å². The van der Waals surface area contributed by atoms with Gasteiger partial charge in [-0.2, -0.15) is 0 Å². The summed E-state index contributed by atoms with van der Waals surface area (Å²) in [7, 11) is 1.63. The fraction of sp³-hybridized carbons (Fsp3) is 0.484. The molecule has 0 bridgehead atoms. The topological polar surface area (TPSA) is 82.9 Å². The number of ether oxygens (including phenoxy) is 1. The molecular formula is C31H40N2O4. The van der Waals surface area contributed by atoms with E-state index in [1.807, 2.05) is 24.3 Å². The minimum Gasteiger partial charge on any atom is -0.497 e. The number of benzene rings is 2. The molecule has 0 radical (unpaired) electrons. The summed E-state index contributed by atoms with van der Waals surface area (Å²) in [5.74, 6) is 0.423. The number of carbonyl (C=O) groups is 1. The fourth-order valence-electron chi connectivity index (χ4n) is 5.82. The van der Waals surface area contributed by atoms with Crippen molar-refractivity contribution in [3.8, 4) is 5.75 Å². The number of aliphatic hydroxyl groups is 1. The summed E-state index contributed by atoms with van der Waals surface area (Å²) in [4.78, 5) is 18.5. The number of nitrogens with zero attached hydrogens (tertiary/aromatic N) is 2. The number of fused-ring (bicyclic) bond motifs is 1. The Morgan fingerprint density at radius 1 is 1.16 bits per heavy atom. The molecule has 2 aromatic carbocycles. The molecule has 0 amide bonds. The lowest BCUT2D eigenvalue weighted by molar-refractivity contribution is -0.139. The minimum atomic E-state index is -0.732. The van der Waals surface area contributed by atoms with Gasteiger partial charge < -0.3 is 19.8 Å². The zero-order valence-corrected chi connectivity index (χ0v) is 22.1. The molecule has 1 fully saturated rings. The maximum atomic E-state index is 11.6. The molecule has 4 rings (SSSR count). The van der Waals surface area contributed by atoms with Crippen LogP contribution in [0.2, 0.25) is 0 Å². The summed E-state index contributed by atoms with van der Waals surface area (Å²) >= 11 is 0. The number of rotatable bonds is 12. The molecule has 2 N–H and O–H groups in total. The maximum Gasteiger partial charge on any atom is 0.303 e. The van der Waals surface area contributed by atoms with Gasteiger partial charge in [-0.05, 0) is 106 Å². The van der Waals surface area contributed by atoms with Crippen molar-refractivity contribution in [3.05, 3.63) is 71.4 Å². The van der Waals surface area contributed by atoms with Gasteiger partial charge >= 0.3 is 5.97 Å². The average molecular weight is 505 g/mol. The predicted octanol–water partition coefficient (Wildman–Crippen LogP) is 5.80. The van der Waals surface area contributed by atoms with Crippen LogP contribution >= 0.6 is 0 Å². The van der Waals surface area contributed by atoms with Gasteiger partial charge in [-0.3, -0.25) is 9.78 Å². The zero-order chi connectivity index (χ0) is 26.2. The SMILES string of the molecule is COc1ccc2nccc([C@@H](O)CC[C@@H]3CCN(CCCCc4cccc(C)c4)C[C@@H]3CC(=O)O)c2c1.